The number of aromatic nitrogens is 1. The van der Waals surface area contributed by atoms with Gasteiger partial charge in [-0.05, 0) is 26.3 Å². The number of fused-ring (bicyclic) bond motifs is 1. The molecule has 2 atom stereocenters. The number of hydrogen-bond acceptors (Lipinski definition) is 5. The first kappa shape index (κ1) is 18.1. The fraction of sp³-hybridized carbons (Fsp3) is 0.526. The summed E-state index contributed by atoms with van der Waals surface area (Å²) in [6, 6.07) is 6.57. The van der Waals surface area contributed by atoms with Crippen molar-refractivity contribution < 1.29 is 8.42 Å². The molecule has 2 saturated heterocycles. The quantitative estimate of drug-likeness (QED) is 0.804. The van der Waals surface area contributed by atoms with E-state index in [-0.39, 0.29) is 11.2 Å². The molecule has 2 fully saturated rings. The lowest BCUT2D eigenvalue weighted by Crippen LogP contribution is -2.34. The Morgan fingerprint density at radius 3 is 2.42 bits per heavy atom. The Morgan fingerprint density at radius 2 is 1.81 bits per heavy atom. The molecule has 1 aromatic heterocycles. The van der Waals surface area contributed by atoms with Gasteiger partial charge < -0.3 is 0 Å². The Morgan fingerprint density at radius 1 is 1.08 bits per heavy atom. The standard InChI is InChI=1S/C19H25N3O2S2/c1-13-4-14(2)6-16(5-13)7-21-8-17-9-22(26(23,24)19(17)11-21)10-18-12-25-15(3)20-18/h4-6,12,17,19H,7-11H2,1-3H3/t17-,19+/m0/s1. The molecule has 2 aromatic rings. The summed E-state index contributed by atoms with van der Waals surface area (Å²) >= 11 is 1.57. The molecule has 0 bridgehead atoms. The fourth-order valence-corrected chi connectivity index (χ4v) is 7.12. The summed E-state index contributed by atoms with van der Waals surface area (Å²) < 4.78 is 27.6. The maximum absolute atomic E-state index is 13.0. The zero-order chi connectivity index (χ0) is 18.5. The number of likely N-dealkylation sites (tertiary alicyclic amines) is 1. The van der Waals surface area contributed by atoms with Crippen LogP contribution in [0.1, 0.15) is 27.4 Å². The van der Waals surface area contributed by atoms with Crippen LogP contribution in [0.3, 0.4) is 0 Å². The van der Waals surface area contributed by atoms with Crippen molar-refractivity contribution in [2.24, 2.45) is 5.92 Å². The molecule has 0 amide bonds. The molecule has 4 rings (SSSR count). The van der Waals surface area contributed by atoms with E-state index in [9.17, 15) is 8.42 Å². The number of hydrogen-bond donors (Lipinski definition) is 0. The molecule has 5 nitrogen and oxygen atoms in total. The largest absolute Gasteiger partial charge is 0.297 e. The van der Waals surface area contributed by atoms with Crippen molar-refractivity contribution in [2.45, 2.75) is 39.1 Å². The summed E-state index contributed by atoms with van der Waals surface area (Å²) in [5, 5.41) is 2.68. The van der Waals surface area contributed by atoms with Gasteiger partial charge in [-0.2, -0.15) is 4.31 Å². The lowest BCUT2D eigenvalue weighted by Gasteiger charge is -2.21. The van der Waals surface area contributed by atoms with Crippen LogP contribution in [-0.4, -0.2) is 47.5 Å². The van der Waals surface area contributed by atoms with Crippen LogP contribution in [0.5, 0.6) is 0 Å². The first-order valence-corrected chi connectivity index (χ1v) is 11.4. The Balaban J connectivity index is 1.44. The first-order valence-electron chi connectivity index (χ1n) is 9.01. The molecule has 2 aliphatic rings. The smallest absolute Gasteiger partial charge is 0.218 e. The fourth-order valence-electron chi connectivity index (χ4n) is 4.36. The van der Waals surface area contributed by atoms with Gasteiger partial charge in [0.25, 0.3) is 0 Å². The molecule has 0 saturated carbocycles. The highest BCUT2D eigenvalue weighted by Crippen LogP contribution is 2.35. The molecular formula is C19H25N3O2S2. The van der Waals surface area contributed by atoms with Crippen LogP contribution >= 0.6 is 11.3 Å². The van der Waals surface area contributed by atoms with Crippen LogP contribution in [0, 0.1) is 26.7 Å². The van der Waals surface area contributed by atoms with Crippen molar-refractivity contribution in [1.29, 1.82) is 0 Å². The highest BCUT2D eigenvalue weighted by atomic mass is 32.2. The third kappa shape index (κ3) is 3.45. The molecule has 0 N–H and O–H groups in total. The summed E-state index contributed by atoms with van der Waals surface area (Å²) in [5.41, 5.74) is 4.66. The van der Waals surface area contributed by atoms with Crippen LogP contribution < -0.4 is 0 Å². The van der Waals surface area contributed by atoms with E-state index in [0.29, 0.717) is 19.6 Å². The van der Waals surface area contributed by atoms with E-state index in [4.69, 9.17) is 0 Å². The summed E-state index contributed by atoms with van der Waals surface area (Å²) in [7, 11) is -3.24. The molecule has 3 heterocycles. The van der Waals surface area contributed by atoms with Gasteiger partial charge in [0.05, 0.1) is 22.5 Å². The Labute approximate surface area is 159 Å². The topological polar surface area (TPSA) is 53.5 Å². The molecule has 0 spiro atoms. The molecule has 7 heteroatoms. The van der Waals surface area contributed by atoms with Gasteiger partial charge in [0.15, 0.2) is 0 Å². The normalized spacial score (nSPS) is 25.7. The van der Waals surface area contributed by atoms with Crippen LogP contribution in [0.4, 0.5) is 0 Å². The third-order valence-corrected chi connectivity index (χ3v) is 8.45. The maximum Gasteiger partial charge on any atom is 0.218 e. The summed E-state index contributed by atoms with van der Waals surface area (Å²) in [6.07, 6.45) is 0. The Kier molecular flexibility index (Phi) is 4.67. The van der Waals surface area contributed by atoms with Gasteiger partial charge in [0, 0.05) is 37.5 Å². The van der Waals surface area contributed by atoms with E-state index < -0.39 is 10.0 Å². The van der Waals surface area contributed by atoms with Gasteiger partial charge in [0.2, 0.25) is 10.0 Å². The second-order valence-corrected chi connectivity index (χ2v) is 10.9. The van der Waals surface area contributed by atoms with E-state index in [1.807, 2.05) is 12.3 Å². The Hall–Kier alpha value is -1.28. The molecule has 0 radical (unpaired) electrons. The van der Waals surface area contributed by atoms with Crippen molar-refractivity contribution in [3.05, 3.63) is 51.0 Å². The number of sulfonamides is 1. The molecule has 0 unspecified atom stereocenters. The van der Waals surface area contributed by atoms with Crippen molar-refractivity contribution in [3.63, 3.8) is 0 Å². The molecule has 26 heavy (non-hydrogen) atoms. The van der Waals surface area contributed by atoms with Gasteiger partial charge in [-0.3, -0.25) is 4.90 Å². The van der Waals surface area contributed by atoms with Crippen LogP contribution in [0.15, 0.2) is 23.6 Å². The van der Waals surface area contributed by atoms with Crippen LogP contribution in [0.25, 0.3) is 0 Å². The van der Waals surface area contributed by atoms with Gasteiger partial charge in [-0.1, -0.05) is 29.3 Å². The van der Waals surface area contributed by atoms with E-state index in [1.165, 1.54) is 16.7 Å². The van der Waals surface area contributed by atoms with Crippen molar-refractivity contribution >= 4 is 21.4 Å². The molecule has 1 aromatic carbocycles. The van der Waals surface area contributed by atoms with Crippen molar-refractivity contribution in [2.75, 3.05) is 19.6 Å². The molecular weight excluding hydrogens is 366 g/mol. The second-order valence-electron chi connectivity index (χ2n) is 7.68. The third-order valence-electron chi connectivity index (χ3n) is 5.33. The number of benzene rings is 1. The maximum atomic E-state index is 13.0. The number of rotatable bonds is 4. The van der Waals surface area contributed by atoms with E-state index in [2.05, 4.69) is 41.9 Å². The lowest BCUT2D eigenvalue weighted by molar-refractivity contribution is 0.294. The second kappa shape index (κ2) is 6.71. The monoisotopic (exact) mass is 391 g/mol. The van der Waals surface area contributed by atoms with Crippen molar-refractivity contribution in [3.8, 4) is 0 Å². The zero-order valence-electron chi connectivity index (χ0n) is 15.5. The Bertz CT molecular complexity index is 902. The summed E-state index contributed by atoms with van der Waals surface area (Å²) in [6.45, 7) is 9.51. The first-order chi connectivity index (χ1) is 12.3. The predicted octanol–water partition coefficient (Wildman–Crippen LogP) is 2.71. The predicted molar refractivity (Wildman–Crippen MR) is 105 cm³/mol. The zero-order valence-corrected chi connectivity index (χ0v) is 17.1. The summed E-state index contributed by atoms with van der Waals surface area (Å²) in [4.78, 5) is 6.72. The number of nitrogens with zero attached hydrogens (tertiary/aromatic N) is 3. The molecule has 0 aliphatic carbocycles. The minimum Gasteiger partial charge on any atom is -0.297 e. The van der Waals surface area contributed by atoms with E-state index in [1.54, 1.807) is 15.6 Å². The SMILES string of the molecule is Cc1cc(C)cc(CN2C[C@H]3CN(Cc4csc(C)n4)S(=O)(=O)[C@@H]3C2)c1. The van der Waals surface area contributed by atoms with Gasteiger partial charge >= 0.3 is 0 Å². The highest BCUT2D eigenvalue weighted by Gasteiger charge is 2.50. The van der Waals surface area contributed by atoms with Crippen LogP contribution in [0.2, 0.25) is 0 Å². The minimum atomic E-state index is -3.24. The van der Waals surface area contributed by atoms with Gasteiger partial charge in [-0.25, -0.2) is 13.4 Å². The van der Waals surface area contributed by atoms with E-state index >= 15 is 0 Å². The van der Waals surface area contributed by atoms with E-state index in [0.717, 1.165) is 23.8 Å². The average molecular weight is 392 g/mol. The molecule has 140 valence electrons. The van der Waals surface area contributed by atoms with Crippen LogP contribution in [-0.2, 0) is 23.1 Å². The average Bonchev–Trinajstić information content (AvgIpc) is 3.17. The number of aryl methyl sites for hydroxylation is 3. The lowest BCUT2D eigenvalue weighted by atomic mass is 10.1. The minimum absolute atomic E-state index is 0.200. The van der Waals surface area contributed by atoms with Gasteiger partial charge in [-0.15, -0.1) is 11.3 Å². The number of thiazole rings is 1. The van der Waals surface area contributed by atoms with Crippen molar-refractivity contribution in [1.82, 2.24) is 14.2 Å². The molecule has 2 aliphatic heterocycles. The van der Waals surface area contributed by atoms with Gasteiger partial charge in [0.1, 0.15) is 0 Å². The summed E-state index contributed by atoms with van der Waals surface area (Å²) in [5.74, 6) is 0.200. The highest BCUT2D eigenvalue weighted by molar-refractivity contribution is 7.90.